The molecule has 1 fully saturated rings. The summed E-state index contributed by atoms with van der Waals surface area (Å²) in [5.74, 6) is 0.702. The summed E-state index contributed by atoms with van der Waals surface area (Å²) in [5, 5.41) is 7.47. The van der Waals surface area contributed by atoms with Gasteiger partial charge in [0.05, 0.1) is 5.69 Å². The Kier molecular flexibility index (Phi) is 6.11. The van der Waals surface area contributed by atoms with Crippen molar-refractivity contribution in [3.8, 4) is 0 Å². The number of hydrogen-bond donors (Lipinski definition) is 1. The van der Waals surface area contributed by atoms with Gasteiger partial charge in [0.25, 0.3) is 0 Å². The molecule has 0 aliphatic carbocycles. The number of nitrogens with zero attached hydrogens (tertiary/aromatic N) is 4. The summed E-state index contributed by atoms with van der Waals surface area (Å²) in [6.45, 7) is 9.57. The van der Waals surface area contributed by atoms with Gasteiger partial charge in [-0.05, 0) is 17.7 Å². The Labute approximate surface area is 160 Å². The molecule has 27 heavy (non-hydrogen) atoms. The monoisotopic (exact) mass is 373 g/mol. The second-order valence-electron chi connectivity index (χ2n) is 7.55. The van der Waals surface area contributed by atoms with Crippen LogP contribution in [0.5, 0.6) is 0 Å². The van der Waals surface area contributed by atoms with Crippen molar-refractivity contribution in [2.24, 2.45) is 4.99 Å². The predicted octanol–water partition coefficient (Wildman–Crippen LogP) is 2.48. The second-order valence-corrected chi connectivity index (χ2v) is 7.55. The van der Waals surface area contributed by atoms with E-state index in [0.717, 1.165) is 56.5 Å². The lowest BCUT2D eigenvalue weighted by molar-refractivity contribution is 0.168. The third kappa shape index (κ3) is 5.07. The number of benzene rings is 1. The Hall–Kier alpha value is -2.41. The largest absolute Gasteiger partial charge is 0.364 e. The van der Waals surface area contributed by atoms with Gasteiger partial charge in [0, 0.05) is 57.8 Å². The molecule has 0 unspecified atom stereocenters. The van der Waals surface area contributed by atoms with E-state index < -0.39 is 0 Å². The minimum atomic E-state index is -0.207. The van der Waals surface area contributed by atoms with E-state index in [2.05, 4.69) is 39.1 Å². The Morgan fingerprint density at radius 1 is 1.19 bits per heavy atom. The summed E-state index contributed by atoms with van der Waals surface area (Å²) in [6, 6.07) is 8.63. The average Bonchev–Trinajstić information content (AvgIpc) is 3.17. The van der Waals surface area contributed by atoms with E-state index in [4.69, 9.17) is 4.52 Å². The average molecular weight is 373 g/mol. The fraction of sp³-hybridized carbons (Fsp3) is 0.500. The van der Waals surface area contributed by atoms with E-state index in [1.807, 2.05) is 25.2 Å². The van der Waals surface area contributed by atoms with Crippen LogP contribution in [-0.4, -0.2) is 60.7 Å². The highest BCUT2D eigenvalue weighted by atomic mass is 19.1. The molecule has 2 heterocycles. The predicted molar refractivity (Wildman–Crippen MR) is 104 cm³/mol. The summed E-state index contributed by atoms with van der Waals surface area (Å²) in [4.78, 5) is 9.09. The normalized spacial score (nSPS) is 16.6. The molecule has 2 aromatic rings. The van der Waals surface area contributed by atoms with Crippen LogP contribution in [0.3, 0.4) is 0 Å². The van der Waals surface area contributed by atoms with Crippen LogP contribution in [0.25, 0.3) is 0 Å². The van der Waals surface area contributed by atoms with E-state index >= 15 is 0 Å². The second kappa shape index (κ2) is 8.52. The van der Waals surface area contributed by atoms with Gasteiger partial charge in [0.15, 0.2) is 5.96 Å². The molecule has 0 bridgehead atoms. The Bertz CT molecular complexity index is 734. The number of halogens is 1. The highest BCUT2D eigenvalue weighted by molar-refractivity contribution is 5.80. The molecule has 0 amide bonds. The van der Waals surface area contributed by atoms with E-state index in [9.17, 15) is 4.39 Å². The van der Waals surface area contributed by atoms with Crippen LogP contribution in [0.4, 0.5) is 4.39 Å². The first kappa shape index (κ1) is 19.4. The summed E-state index contributed by atoms with van der Waals surface area (Å²) in [7, 11) is 1.81. The smallest absolute Gasteiger partial charge is 0.193 e. The maximum absolute atomic E-state index is 13.2. The maximum Gasteiger partial charge on any atom is 0.193 e. The standard InChI is InChI=1S/C20H28FN5O/c1-20(2,16-4-6-17(21)7-5-16)15-23-19(22-3)26-11-9-25(10-12-26)14-18-8-13-27-24-18/h4-8,13H,9-12,14-15H2,1-3H3,(H,22,23). The minimum Gasteiger partial charge on any atom is -0.364 e. The molecule has 0 atom stereocenters. The van der Waals surface area contributed by atoms with Gasteiger partial charge in [-0.25, -0.2) is 4.39 Å². The van der Waals surface area contributed by atoms with E-state index in [-0.39, 0.29) is 11.2 Å². The van der Waals surface area contributed by atoms with Gasteiger partial charge in [-0.1, -0.05) is 31.1 Å². The first-order valence-electron chi connectivity index (χ1n) is 9.31. The maximum atomic E-state index is 13.2. The number of aromatic nitrogens is 1. The SMILES string of the molecule is CN=C(NCC(C)(C)c1ccc(F)cc1)N1CCN(Cc2ccon2)CC1. The zero-order valence-corrected chi connectivity index (χ0v) is 16.3. The molecule has 1 aliphatic rings. The Morgan fingerprint density at radius 2 is 1.89 bits per heavy atom. The van der Waals surface area contributed by atoms with Crippen LogP contribution in [0, 0.1) is 5.82 Å². The summed E-state index contributed by atoms with van der Waals surface area (Å²) >= 11 is 0. The van der Waals surface area contributed by atoms with Gasteiger partial charge in [0.2, 0.25) is 0 Å². The number of aliphatic imine (C=N–C) groups is 1. The fourth-order valence-corrected chi connectivity index (χ4v) is 3.30. The van der Waals surface area contributed by atoms with Crippen molar-refractivity contribution < 1.29 is 8.91 Å². The van der Waals surface area contributed by atoms with Crippen molar-refractivity contribution >= 4 is 5.96 Å². The van der Waals surface area contributed by atoms with Crippen LogP contribution >= 0.6 is 0 Å². The fourth-order valence-electron chi connectivity index (χ4n) is 3.30. The number of guanidine groups is 1. The lowest BCUT2D eigenvalue weighted by Crippen LogP contribution is -2.53. The third-order valence-corrected chi connectivity index (χ3v) is 5.07. The highest BCUT2D eigenvalue weighted by Crippen LogP contribution is 2.22. The molecular formula is C20H28FN5O. The van der Waals surface area contributed by atoms with Crippen molar-refractivity contribution in [3.05, 3.63) is 53.7 Å². The van der Waals surface area contributed by atoms with Crippen molar-refractivity contribution in [1.29, 1.82) is 0 Å². The molecule has 7 heteroatoms. The molecule has 1 N–H and O–H groups in total. The third-order valence-electron chi connectivity index (χ3n) is 5.07. The molecule has 0 saturated carbocycles. The lowest BCUT2D eigenvalue weighted by Gasteiger charge is -2.37. The summed E-state index contributed by atoms with van der Waals surface area (Å²) in [6.07, 6.45) is 1.61. The zero-order valence-electron chi connectivity index (χ0n) is 16.3. The Morgan fingerprint density at radius 3 is 2.48 bits per heavy atom. The van der Waals surface area contributed by atoms with Crippen molar-refractivity contribution in [1.82, 2.24) is 20.3 Å². The zero-order chi connectivity index (χ0) is 19.3. The number of piperazine rings is 1. The molecule has 1 aliphatic heterocycles. The van der Waals surface area contributed by atoms with Crippen LogP contribution < -0.4 is 5.32 Å². The highest BCUT2D eigenvalue weighted by Gasteiger charge is 2.24. The van der Waals surface area contributed by atoms with E-state index in [1.54, 1.807) is 6.26 Å². The van der Waals surface area contributed by atoms with Gasteiger partial charge in [0.1, 0.15) is 12.1 Å². The first-order valence-corrected chi connectivity index (χ1v) is 9.31. The molecule has 0 radical (unpaired) electrons. The first-order chi connectivity index (χ1) is 13.0. The van der Waals surface area contributed by atoms with Gasteiger partial charge in [-0.15, -0.1) is 0 Å². The summed E-state index contributed by atoms with van der Waals surface area (Å²) in [5.41, 5.74) is 1.94. The molecular weight excluding hydrogens is 345 g/mol. The molecule has 6 nitrogen and oxygen atoms in total. The minimum absolute atomic E-state index is 0.127. The van der Waals surface area contributed by atoms with Crippen molar-refractivity contribution in [3.63, 3.8) is 0 Å². The van der Waals surface area contributed by atoms with E-state index in [1.165, 1.54) is 12.1 Å². The lowest BCUT2D eigenvalue weighted by atomic mass is 9.84. The van der Waals surface area contributed by atoms with Crippen molar-refractivity contribution in [2.75, 3.05) is 39.8 Å². The van der Waals surface area contributed by atoms with Crippen LogP contribution in [0.1, 0.15) is 25.1 Å². The van der Waals surface area contributed by atoms with Crippen LogP contribution in [0.15, 0.2) is 46.1 Å². The number of nitrogens with one attached hydrogen (secondary N) is 1. The van der Waals surface area contributed by atoms with E-state index in [0.29, 0.717) is 0 Å². The van der Waals surface area contributed by atoms with Crippen molar-refractivity contribution in [2.45, 2.75) is 25.8 Å². The van der Waals surface area contributed by atoms with Gasteiger partial charge in [-0.3, -0.25) is 9.89 Å². The van der Waals surface area contributed by atoms with Crippen LogP contribution in [0.2, 0.25) is 0 Å². The van der Waals surface area contributed by atoms with Gasteiger partial charge < -0.3 is 14.7 Å². The molecule has 1 saturated heterocycles. The molecule has 1 aromatic carbocycles. The van der Waals surface area contributed by atoms with Gasteiger partial charge in [-0.2, -0.15) is 0 Å². The molecule has 146 valence electrons. The number of rotatable bonds is 5. The molecule has 0 spiro atoms. The Balaban J connectivity index is 1.51. The molecule has 1 aromatic heterocycles. The number of hydrogen-bond acceptors (Lipinski definition) is 4. The molecule has 3 rings (SSSR count). The quantitative estimate of drug-likeness (QED) is 0.645. The van der Waals surface area contributed by atoms with Crippen LogP contribution in [-0.2, 0) is 12.0 Å². The topological polar surface area (TPSA) is 56.9 Å². The van der Waals surface area contributed by atoms with Gasteiger partial charge >= 0.3 is 0 Å². The summed E-state index contributed by atoms with van der Waals surface area (Å²) < 4.78 is 18.1.